The Hall–Kier alpha value is -1.19. The molecule has 1 heterocycles. The average molecular weight is 476 g/mol. The number of nitro benzene ring substituents is 1. The van der Waals surface area contributed by atoms with Crippen LogP contribution in [-0.4, -0.2) is 33.7 Å². The van der Waals surface area contributed by atoms with Crippen molar-refractivity contribution in [2.24, 2.45) is 0 Å². The van der Waals surface area contributed by atoms with Gasteiger partial charge in [-0.2, -0.15) is 0 Å². The number of nitrogens with zero attached hydrogens (tertiary/aromatic N) is 3. The number of halogens is 2. The zero-order chi connectivity index (χ0) is 18.3. The van der Waals surface area contributed by atoms with Gasteiger partial charge in [0, 0.05) is 17.6 Å². The number of imidazole rings is 1. The van der Waals surface area contributed by atoms with E-state index >= 15 is 0 Å². The highest BCUT2D eigenvalue weighted by Gasteiger charge is 2.31. The van der Waals surface area contributed by atoms with E-state index in [1.807, 2.05) is 24.5 Å². The molecule has 136 valence electrons. The smallest absolute Gasteiger partial charge is 0.312 e. The molecule has 1 N–H and O–H groups in total. The summed E-state index contributed by atoms with van der Waals surface area (Å²) in [4.78, 5) is 15.8. The summed E-state index contributed by atoms with van der Waals surface area (Å²) in [6, 6.07) is 2.13. The first-order valence-corrected chi connectivity index (χ1v) is 9.77. The molecule has 3 rings (SSSR count). The molecular formula is C16H20Br2N4O3. The number of ether oxygens (including phenoxy) is 1. The van der Waals surface area contributed by atoms with E-state index in [1.165, 1.54) is 0 Å². The highest BCUT2D eigenvalue weighted by Crippen LogP contribution is 2.41. The number of fused-ring (bicyclic) bond motifs is 1. The van der Waals surface area contributed by atoms with Gasteiger partial charge < -0.3 is 14.6 Å². The van der Waals surface area contributed by atoms with Gasteiger partial charge in [0.15, 0.2) is 5.52 Å². The third-order valence-corrected chi connectivity index (χ3v) is 6.58. The molecule has 1 saturated carbocycles. The topological polar surface area (TPSA) is 82.2 Å². The number of methoxy groups -OCH3 is 1. The summed E-state index contributed by atoms with van der Waals surface area (Å²) in [5.74, 6) is 0.645. The Morgan fingerprint density at radius 2 is 2.16 bits per heavy atom. The van der Waals surface area contributed by atoms with Crippen LogP contribution in [0, 0.1) is 10.1 Å². The van der Waals surface area contributed by atoms with Gasteiger partial charge in [0.2, 0.25) is 5.95 Å². The number of rotatable bonds is 5. The number of hydrogen-bond acceptors (Lipinski definition) is 5. The summed E-state index contributed by atoms with van der Waals surface area (Å²) < 4.78 is 8.59. The van der Waals surface area contributed by atoms with E-state index in [1.54, 1.807) is 7.11 Å². The Bertz CT molecular complexity index is 822. The van der Waals surface area contributed by atoms with Crippen molar-refractivity contribution in [1.82, 2.24) is 9.55 Å². The first-order valence-electron chi connectivity index (χ1n) is 8.18. The Kier molecular flexibility index (Phi) is 5.36. The number of hydrogen-bond donors (Lipinski definition) is 1. The summed E-state index contributed by atoms with van der Waals surface area (Å²) >= 11 is 6.71. The fraction of sp³-hybridized carbons (Fsp3) is 0.562. The predicted molar refractivity (Wildman–Crippen MR) is 104 cm³/mol. The Labute approximate surface area is 162 Å². The van der Waals surface area contributed by atoms with E-state index in [-0.39, 0.29) is 23.9 Å². The van der Waals surface area contributed by atoms with E-state index in [0.717, 1.165) is 24.8 Å². The minimum atomic E-state index is -0.397. The molecule has 9 heteroatoms. The van der Waals surface area contributed by atoms with Crippen LogP contribution in [0.15, 0.2) is 15.0 Å². The summed E-state index contributed by atoms with van der Waals surface area (Å²) in [6.07, 6.45) is 3.23. The minimum absolute atomic E-state index is 0.0264. The summed E-state index contributed by atoms with van der Waals surface area (Å²) in [5.41, 5.74) is 1.08. The number of nitrogens with one attached hydrogen (secondary N) is 1. The van der Waals surface area contributed by atoms with Crippen LogP contribution in [0.1, 0.15) is 39.2 Å². The summed E-state index contributed by atoms with van der Waals surface area (Å²) in [7, 11) is 1.72. The van der Waals surface area contributed by atoms with E-state index in [4.69, 9.17) is 4.74 Å². The third kappa shape index (κ3) is 3.29. The molecule has 0 amide bonds. The molecule has 1 aromatic carbocycles. The molecule has 0 spiro atoms. The molecule has 2 unspecified atom stereocenters. The van der Waals surface area contributed by atoms with Gasteiger partial charge in [-0.1, -0.05) is 0 Å². The number of nitro groups is 1. The van der Waals surface area contributed by atoms with Crippen molar-refractivity contribution in [1.29, 1.82) is 0 Å². The van der Waals surface area contributed by atoms with Crippen LogP contribution in [-0.2, 0) is 4.74 Å². The number of anilines is 1. The van der Waals surface area contributed by atoms with Crippen LogP contribution in [0.3, 0.4) is 0 Å². The molecule has 1 aromatic heterocycles. The molecule has 25 heavy (non-hydrogen) atoms. The maximum atomic E-state index is 11.6. The van der Waals surface area contributed by atoms with Crippen LogP contribution in [0.2, 0.25) is 0 Å². The first-order chi connectivity index (χ1) is 11.8. The second-order valence-electron chi connectivity index (χ2n) is 6.50. The SMILES string of the molecule is COC1CCCC1Nc1nc2c([N+](=O)[O-])c(Br)c(Br)cc2n1C(C)C. The minimum Gasteiger partial charge on any atom is -0.379 e. The van der Waals surface area contributed by atoms with Gasteiger partial charge in [-0.05, 0) is 71.0 Å². The van der Waals surface area contributed by atoms with Gasteiger partial charge in [-0.25, -0.2) is 4.98 Å². The summed E-state index contributed by atoms with van der Waals surface area (Å²) in [5, 5.41) is 15.0. The molecule has 1 aliphatic rings. The number of benzene rings is 1. The Balaban J connectivity index is 2.17. The predicted octanol–water partition coefficient (Wildman–Crippen LogP) is 5.03. The number of aromatic nitrogens is 2. The fourth-order valence-corrected chi connectivity index (χ4v) is 4.34. The van der Waals surface area contributed by atoms with Crippen LogP contribution in [0.5, 0.6) is 0 Å². The molecule has 2 atom stereocenters. The monoisotopic (exact) mass is 474 g/mol. The molecule has 1 aliphatic carbocycles. The summed E-state index contributed by atoms with van der Waals surface area (Å²) in [6.45, 7) is 4.08. The van der Waals surface area contributed by atoms with E-state index in [9.17, 15) is 10.1 Å². The second kappa shape index (κ2) is 7.20. The molecule has 7 nitrogen and oxygen atoms in total. The van der Waals surface area contributed by atoms with Crippen molar-refractivity contribution >= 4 is 54.5 Å². The lowest BCUT2D eigenvalue weighted by molar-refractivity contribution is -0.384. The van der Waals surface area contributed by atoms with Crippen LogP contribution in [0.25, 0.3) is 11.0 Å². The molecular weight excluding hydrogens is 456 g/mol. The van der Waals surface area contributed by atoms with E-state index < -0.39 is 4.92 Å². The van der Waals surface area contributed by atoms with Crippen molar-refractivity contribution in [3.63, 3.8) is 0 Å². The van der Waals surface area contributed by atoms with Crippen molar-refractivity contribution in [3.05, 3.63) is 25.1 Å². The lowest BCUT2D eigenvalue weighted by atomic mass is 10.2. The molecule has 0 aliphatic heterocycles. The maximum absolute atomic E-state index is 11.6. The Morgan fingerprint density at radius 3 is 2.76 bits per heavy atom. The van der Waals surface area contributed by atoms with Crippen LogP contribution >= 0.6 is 31.9 Å². The lowest BCUT2D eigenvalue weighted by Gasteiger charge is -2.22. The quantitative estimate of drug-likeness (QED) is 0.484. The van der Waals surface area contributed by atoms with Gasteiger partial charge in [0.05, 0.1) is 22.6 Å². The molecule has 0 bridgehead atoms. The highest BCUT2D eigenvalue weighted by atomic mass is 79.9. The standard InChI is InChI=1S/C16H20Br2N4O3/c1-8(2)21-11-7-9(17)13(18)15(22(23)24)14(11)20-16(21)19-10-5-4-6-12(10)25-3/h7-8,10,12H,4-6H2,1-3H3,(H,19,20). The normalized spacial score (nSPS) is 20.6. The van der Waals surface area contributed by atoms with Crippen molar-refractivity contribution in [2.45, 2.75) is 51.3 Å². The molecule has 0 saturated heterocycles. The van der Waals surface area contributed by atoms with Gasteiger partial charge >= 0.3 is 5.69 Å². The van der Waals surface area contributed by atoms with Crippen molar-refractivity contribution < 1.29 is 9.66 Å². The maximum Gasteiger partial charge on any atom is 0.312 e. The second-order valence-corrected chi connectivity index (χ2v) is 8.15. The lowest BCUT2D eigenvalue weighted by Crippen LogP contribution is -2.31. The zero-order valence-corrected chi connectivity index (χ0v) is 17.4. The van der Waals surface area contributed by atoms with Gasteiger partial charge in [0.1, 0.15) is 4.47 Å². The van der Waals surface area contributed by atoms with Crippen LogP contribution in [0.4, 0.5) is 11.6 Å². The van der Waals surface area contributed by atoms with Gasteiger partial charge in [-0.3, -0.25) is 10.1 Å². The molecule has 1 fully saturated rings. The third-order valence-electron chi connectivity index (χ3n) is 4.62. The van der Waals surface area contributed by atoms with Crippen molar-refractivity contribution in [2.75, 3.05) is 12.4 Å². The Morgan fingerprint density at radius 1 is 1.44 bits per heavy atom. The molecule has 2 aromatic rings. The van der Waals surface area contributed by atoms with Gasteiger partial charge in [0.25, 0.3) is 0 Å². The van der Waals surface area contributed by atoms with Crippen LogP contribution < -0.4 is 5.32 Å². The fourth-order valence-electron chi connectivity index (χ4n) is 3.49. The largest absolute Gasteiger partial charge is 0.379 e. The zero-order valence-electron chi connectivity index (χ0n) is 14.3. The first kappa shape index (κ1) is 18.6. The highest BCUT2D eigenvalue weighted by molar-refractivity contribution is 9.13. The van der Waals surface area contributed by atoms with E-state index in [0.29, 0.717) is 20.4 Å². The average Bonchev–Trinajstić information content (AvgIpc) is 3.12. The van der Waals surface area contributed by atoms with E-state index in [2.05, 4.69) is 42.2 Å². The van der Waals surface area contributed by atoms with Crippen molar-refractivity contribution in [3.8, 4) is 0 Å². The van der Waals surface area contributed by atoms with Gasteiger partial charge in [-0.15, -0.1) is 0 Å². The molecule has 0 radical (unpaired) electrons.